The van der Waals surface area contributed by atoms with Crippen molar-refractivity contribution < 1.29 is 19.0 Å². The third kappa shape index (κ3) is 4.42. The van der Waals surface area contributed by atoms with Crippen molar-refractivity contribution in [3.63, 3.8) is 0 Å². The molecule has 35 heavy (non-hydrogen) atoms. The maximum atomic E-state index is 12.6. The van der Waals surface area contributed by atoms with Crippen LogP contribution in [0, 0.1) is 0 Å². The van der Waals surface area contributed by atoms with Gasteiger partial charge in [-0.15, -0.1) is 10.2 Å². The molecule has 1 saturated heterocycles. The van der Waals surface area contributed by atoms with E-state index in [9.17, 15) is 4.79 Å². The fraction of sp³-hybridized carbons (Fsp3) is 0.222. The fourth-order valence-corrected chi connectivity index (χ4v) is 4.38. The molecule has 8 nitrogen and oxygen atoms in total. The number of carbonyl (C=O) groups excluding carboxylic acids is 1. The lowest BCUT2D eigenvalue weighted by molar-refractivity contribution is -0.133. The summed E-state index contributed by atoms with van der Waals surface area (Å²) in [6.07, 6.45) is 0. The molecular formula is C27H24N4O4. The molecule has 0 unspecified atom stereocenters. The average Bonchev–Trinajstić information content (AvgIpc) is 3.40. The first-order valence-electron chi connectivity index (χ1n) is 11.6. The van der Waals surface area contributed by atoms with E-state index in [1.807, 2.05) is 29.2 Å². The zero-order chi connectivity index (χ0) is 23.6. The topological polar surface area (TPSA) is 77.0 Å². The number of hydrogen-bond donors (Lipinski definition) is 0. The number of fused-ring (bicyclic) bond motifs is 2. The summed E-state index contributed by atoms with van der Waals surface area (Å²) in [6, 6.07) is 23.9. The lowest BCUT2D eigenvalue weighted by Crippen LogP contribution is -2.50. The summed E-state index contributed by atoms with van der Waals surface area (Å²) in [5.74, 6) is 2.69. The van der Waals surface area contributed by atoms with E-state index in [2.05, 4.69) is 45.4 Å². The number of anilines is 1. The third-order valence-electron chi connectivity index (χ3n) is 6.36. The van der Waals surface area contributed by atoms with Crippen LogP contribution in [0.15, 0.2) is 72.8 Å². The number of hydrogen-bond acceptors (Lipinski definition) is 7. The Kier molecular flexibility index (Phi) is 5.54. The van der Waals surface area contributed by atoms with Gasteiger partial charge in [0, 0.05) is 37.8 Å². The molecule has 2 aliphatic heterocycles. The Morgan fingerprint density at radius 3 is 2.49 bits per heavy atom. The summed E-state index contributed by atoms with van der Waals surface area (Å²) >= 11 is 0. The van der Waals surface area contributed by atoms with Crippen LogP contribution < -0.4 is 19.1 Å². The standard InChI is InChI=1S/C27H24N4O4/c32-27(17-33-22-7-9-24-25(16-22)35-18-34-24)31-13-11-30(12-14-31)26-10-8-23(28-29-26)21-6-5-19-3-1-2-4-20(19)15-21/h1-10,15-16H,11-14,17-18H2. The minimum Gasteiger partial charge on any atom is -0.484 e. The second kappa shape index (κ2) is 9.13. The second-order valence-electron chi connectivity index (χ2n) is 8.51. The Hall–Kier alpha value is -4.33. The van der Waals surface area contributed by atoms with Crippen molar-refractivity contribution in [2.75, 3.05) is 44.5 Å². The molecule has 0 radical (unpaired) electrons. The van der Waals surface area contributed by atoms with Gasteiger partial charge in [-0.25, -0.2) is 0 Å². The number of aromatic nitrogens is 2. The highest BCUT2D eigenvalue weighted by atomic mass is 16.7. The first-order valence-corrected chi connectivity index (χ1v) is 11.6. The van der Waals surface area contributed by atoms with Gasteiger partial charge in [0.15, 0.2) is 23.9 Å². The Bertz CT molecular complexity index is 1370. The quantitative estimate of drug-likeness (QED) is 0.441. The second-order valence-corrected chi connectivity index (χ2v) is 8.51. The highest BCUT2D eigenvalue weighted by Crippen LogP contribution is 2.35. The first-order chi connectivity index (χ1) is 17.2. The number of amides is 1. The molecule has 4 aromatic rings. The summed E-state index contributed by atoms with van der Waals surface area (Å²) in [5, 5.41) is 11.3. The zero-order valence-electron chi connectivity index (χ0n) is 19.1. The van der Waals surface area contributed by atoms with E-state index in [1.165, 1.54) is 10.8 Å². The Morgan fingerprint density at radius 1 is 0.829 bits per heavy atom. The van der Waals surface area contributed by atoms with Gasteiger partial charge in [-0.05, 0) is 41.1 Å². The molecular weight excluding hydrogens is 444 g/mol. The predicted octanol–water partition coefficient (Wildman–Crippen LogP) is 3.75. The molecule has 2 aliphatic rings. The molecule has 6 rings (SSSR count). The molecule has 0 spiro atoms. The van der Waals surface area contributed by atoms with E-state index in [0.29, 0.717) is 43.4 Å². The van der Waals surface area contributed by atoms with Crippen molar-refractivity contribution in [1.82, 2.24) is 15.1 Å². The first kappa shape index (κ1) is 21.2. The number of benzene rings is 3. The van der Waals surface area contributed by atoms with E-state index in [1.54, 1.807) is 18.2 Å². The van der Waals surface area contributed by atoms with Gasteiger partial charge < -0.3 is 24.0 Å². The van der Waals surface area contributed by atoms with Crippen LogP contribution in [0.4, 0.5) is 5.82 Å². The molecule has 176 valence electrons. The Labute approximate surface area is 202 Å². The van der Waals surface area contributed by atoms with Gasteiger partial charge in [0.1, 0.15) is 5.75 Å². The number of piperazine rings is 1. The van der Waals surface area contributed by atoms with E-state index >= 15 is 0 Å². The summed E-state index contributed by atoms with van der Waals surface area (Å²) < 4.78 is 16.3. The zero-order valence-corrected chi connectivity index (χ0v) is 19.1. The molecule has 0 aliphatic carbocycles. The molecule has 0 N–H and O–H groups in total. The maximum absolute atomic E-state index is 12.6. The van der Waals surface area contributed by atoms with Crippen molar-refractivity contribution >= 4 is 22.5 Å². The van der Waals surface area contributed by atoms with Crippen molar-refractivity contribution in [1.29, 1.82) is 0 Å². The van der Waals surface area contributed by atoms with Crippen LogP contribution in [-0.4, -0.2) is 60.6 Å². The highest BCUT2D eigenvalue weighted by molar-refractivity contribution is 5.86. The van der Waals surface area contributed by atoms with Crippen molar-refractivity contribution in [3.05, 3.63) is 72.8 Å². The fourth-order valence-electron chi connectivity index (χ4n) is 4.38. The Balaban J connectivity index is 1.03. The number of carbonyl (C=O) groups is 1. The Morgan fingerprint density at radius 2 is 1.66 bits per heavy atom. The van der Waals surface area contributed by atoms with Crippen LogP contribution >= 0.6 is 0 Å². The predicted molar refractivity (Wildman–Crippen MR) is 132 cm³/mol. The van der Waals surface area contributed by atoms with Gasteiger partial charge >= 0.3 is 0 Å². The maximum Gasteiger partial charge on any atom is 0.260 e. The molecule has 8 heteroatoms. The number of rotatable bonds is 5. The molecule has 3 aromatic carbocycles. The van der Waals surface area contributed by atoms with Gasteiger partial charge in [0.05, 0.1) is 5.69 Å². The lowest BCUT2D eigenvalue weighted by atomic mass is 10.1. The van der Waals surface area contributed by atoms with Gasteiger partial charge in [-0.2, -0.15) is 0 Å². The van der Waals surface area contributed by atoms with Crippen LogP contribution in [0.1, 0.15) is 0 Å². The number of ether oxygens (including phenoxy) is 3. The van der Waals surface area contributed by atoms with Crippen molar-refractivity contribution in [2.24, 2.45) is 0 Å². The minimum atomic E-state index is -0.0416. The van der Waals surface area contributed by atoms with Gasteiger partial charge in [0.2, 0.25) is 6.79 Å². The molecule has 0 atom stereocenters. The molecule has 1 amide bonds. The van der Waals surface area contributed by atoms with Gasteiger partial charge in [0.25, 0.3) is 5.91 Å². The lowest BCUT2D eigenvalue weighted by Gasteiger charge is -2.35. The van der Waals surface area contributed by atoms with Gasteiger partial charge in [-0.3, -0.25) is 4.79 Å². The monoisotopic (exact) mass is 468 g/mol. The van der Waals surface area contributed by atoms with Crippen LogP contribution in [0.5, 0.6) is 17.2 Å². The van der Waals surface area contributed by atoms with E-state index in [0.717, 1.165) is 17.1 Å². The molecule has 1 fully saturated rings. The normalized spacial score (nSPS) is 14.9. The summed E-state index contributed by atoms with van der Waals surface area (Å²) in [7, 11) is 0. The minimum absolute atomic E-state index is 0.0140. The SMILES string of the molecule is O=C(COc1ccc2c(c1)OCO2)N1CCN(c2ccc(-c3ccc4ccccc4c3)nn2)CC1. The average molecular weight is 469 g/mol. The van der Waals surface area contributed by atoms with Crippen molar-refractivity contribution in [2.45, 2.75) is 0 Å². The highest BCUT2D eigenvalue weighted by Gasteiger charge is 2.23. The summed E-state index contributed by atoms with van der Waals surface area (Å²) in [5.41, 5.74) is 1.88. The number of nitrogens with zero attached hydrogens (tertiary/aromatic N) is 4. The van der Waals surface area contributed by atoms with Gasteiger partial charge in [-0.1, -0.05) is 36.4 Å². The van der Waals surface area contributed by atoms with Crippen LogP contribution in [0.2, 0.25) is 0 Å². The van der Waals surface area contributed by atoms with Crippen LogP contribution in [-0.2, 0) is 4.79 Å². The van der Waals surface area contributed by atoms with Crippen LogP contribution in [0.25, 0.3) is 22.0 Å². The van der Waals surface area contributed by atoms with E-state index in [-0.39, 0.29) is 19.3 Å². The van der Waals surface area contributed by atoms with Crippen molar-refractivity contribution in [3.8, 4) is 28.5 Å². The van der Waals surface area contributed by atoms with E-state index < -0.39 is 0 Å². The summed E-state index contributed by atoms with van der Waals surface area (Å²) in [6.45, 7) is 2.80. The molecule has 1 aromatic heterocycles. The molecule has 0 saturated carbocycles. The molecule has 0 bridgehead atoms. The molecule has 3 heterocycles. The largest absolute Gasteiger partial charge is 0.484 e. The van der Waals surface area contributed by atoms with E-state index in [4.69, 9.17) is 14.2 Å². The third-order valence-corrected chi connectivity index (χ3v) is 6.36. The smallest absolute Gasteiger partial charge is 0.260 e. The summed E-state index contributed by atoms with van der Waals surface area (Å²) in [4.78, 5) is 16.6. The van der Waals surface area contributed by atoms with Crippen LogP contribution in [0.3, 0.4) is 0 Å².